The number of nitrogens with zero attached hydrogens (tertiary/aromatic N) is 1. The SMILES string of the molecule is CCSc1ccc(NC(=O)CSC)cn1. The summed E-state index contributed by atoms with van der Waals surface area (Å²) in [5.41, 5.74) is 0.759. The molecule has 82 valence electrons. The van der Waals surface area contributed by atoms with Crippen LogP contribution in [0.3, 0.4) is 0 Å². The van der Waals surface area contributed by atoms with Crippen LogP contribution < -0.4 is 5.32 Å². The molecule has 0 atom stereocenters. The second kappa shape index (κ2) is 6.74. The molecule has 0 aliphatic heterocycles. The summed E-state index contributed by atoms with van der Waals surface area (Å²) in [6.07, 6.45) is 3.59. The lowest BCUT2D eigenvalue weighted by molar-refractivity contribution is -0.113. The molecule has 1 aromatic rings. The Morgan fingerprint density at radius 2 is 2.33 bits per heavy atom. The third-order valence-corrected chi connectivity index (χ3v) is 2.96. The zero-order valence-electron chi connectivity index (χ0n) is 8.82. The molecule has 1 heterocycles. The predicted octanol–water partition coefficient (Wildman–Crippen LogP) is 2.50. The Bertz CT molecular complexity index is 314. The highest BCUT2D eigenvalue weighted by Crippen LogP contribution is 2.16. The van der Waals surface area contributed by atoms with Crippen molar-refractivity contribution in [2.45, 2.75) is 11.9 Å². The minimum atomic E-state index is 0.0141. The minimum Gasteiger partial charge on any atom is -0.324 e. The van der Waals surface area contributed by atoms with Crippen molar-refractivity contribution in [3.8, 4) is 0 Å². The highest BCUT2D eigenvalue weighted by atomic mass is 32.2. The number of carbonyl (C=O) groups is 1. The van der Waals surface area contributed by atoms with Gasteiger partial charge in [0.1, 0.15) is 0 Å². The lowest BCUT2D eigenvalue weighted by Gasteiger charge is -2.04. The van der Waals surface area contributed by atoms with Gasteiger partial charge in [-0.3, -0.25) is 4.79 Å². The van der Waals surface area contributed by atoms with Gasteiger partial charge in [0.15, 0.2) is 0 Å². The van der Waals surface area contributed by atoms with E-state index in [1.165, 1.54) is 11.8 Å². The van der Waals surface area contributed by atoms with Crippen LogP contribution in [-0.2, 0) is 4.79 Å². The molecule has 0 radical (unpaired) electrons. The molecule has 15 heavy (non-hydrogen) atoms. The van der Waals surface area contributed by atoms with E-state index < -0.39 is 0 Å². The van der Waals surface area contributed by atoms with Crippen LogP contribution in [0.15, 0.2) is 23.4 Å². The third-order valence-electron chi connectivity index (χ3n) is 1.59. The smallest absolute Gasteiger partial charge is 0.234 e. The summed E-state index contributed by atoms with van der Waals surface area (Å²) in [4.78, 5) is 15.5. The molecule has 0 saturated heterocycles. The van der Waals surface area contributed by atoms with E-state index >= 15 is 0 Å². The Hall–Kier alpha value is -0.680. The van der Waals surface area contributed by atoms with E-state index in [0.717, 1.165) is 16.5 Å². The van der Waals surface area contributed by atoms with Crippen molar-refractivity contribution in [2.24, 2.45) is 0 Å². The summed E-state index contributed by atoms with van der Waals surface area (Å²) in [5.74, 6) is 1.50. The molecule has 0 aliphatic rings. The zero-order valence-corrected chi connectivity index (χ0v) is 10.5. The number of hydrogen-bond acceptors (Lipinski definition) is 4. The molecular weight excluding hydrogens is 228 g/mol. The van der Waals surface area contributed by atoms with Crippen molar-refractivity contribution < 1.29 is 4.79 Å². The van der Waals surface area contributed by atoms with Crippen LogP contribution in [0.5, 0.6) is 0 Å². The number of aromatic nitrogens is 1. The maximum absolute atomic E-state index is 11.3. The molecule has 1 N–H and O–H groups in total. The van der Waals surface area contributed by atoms with Gasteiger partial charge in [-0.25, -0.2) is 4.98 Å². The van der Waals surface area contributed by atoms with Crippen LogP contribution in [-0.4, -0.2) is 28.7 Å². The molecule has 0 bridgehead atoms. The zero-order chi connectivity index (χ0) is 11.1. The van der Waals surface area contributed by atoms with Crippen molar-refractivity contribution >= 4 is 35.1 Å². The van der Waals surface area contributed by atoms with Crippen molar-refractivity contribution in [1.82, 2.24) is 4.98 Å². The summed E-state index contributed by atoms with van der Waals surface area (Å²) in [7, 11) is 0. The first kappa shape index (κ1) is 12.4. The maximum atomic E-state index is 11.3. The normalized spacial score (nSPS) is 10.0. The van der Waals surface area contributed by atoms with Crippen LogP contribution >= 0.6 is 23.5 Å². The minimum absolute atomic E-state index is 0.0141. The fourth-order valence-corrected chi connectivity index (χ4v) is 1.94. The molecule has 0 fully saturated rings. The number of hydrogen-bond donors (Lipinski definition) is 1. The van der Waals surface area contributed by atoms with Gasteiger partial charge in [0.25, 0.3) is 0 Å². The first-order valence-electron chi connectivity index (χ1n) is 4.64. The summed E-state index contributed by atoms with van der Waals surface area (Å²) in [6.45, 7) is 2.08. The molecule has 0 saturated carbocycles. The number of amides is 1. The molecule has 0 aromatic carbocycles. The van der Waals surface area contributed by atoms with E-state index in [2.05, 4.69) is 17.2 Å². The van der Waals surface area contributed by atoms with Gasteiger partial charge in [0.05, 0.1) is 22.7 Å². The van der Waals surface area contributed by atoms with Gasteiger partial charge in [0.2, 0.25) is 5.91 Å². The largest absolute Gasteiger partial charge is 0.324 e. The highest BCUT2D eigenvalue weighted by molar-refractivity contribution is 7.99. The van der Waals surface area contributed by atoms with Crippen LogP contribution in [0.2, 0.25) is 0 Å². The van der Waals surface area contributed by atoms with Crippen LogP contribution in [0.25, 0.3) is 0 Å². The molecule has 0 unspecified atom stereocenters. The second-order valence-electron chi connectivity index (χ2n) is 2.80. The van der Waals surface area contributed by atoms with Gasteiger partial charge in [-0.15, -0.1) is 11.8 Å². The van der Waals surface area contributed by atoms with Crippen LogP contribution in [0.4, 0.5) is 5.69 Å². The molecular formula is C10H14N2OS2. The summed E-state index contributed by atoms with van der Waals surface area (Å²) in [6, 6.07) is 3.80. The third kappa shape index (κ3) is 4.57. The predicted molar refractivity (Wildman–Crippen MR) is 67.6 cm³/mol. The average Bonchev–Trinajstić information content (AvgIpc) is 2.22. The maximum Gasteiger partial charge on any atom is 0.234 e. The average molecular weight is 242 g/mol. The topological polar surface area (TPSA) is 42.0 Å². The van der Waals surface area contributed by atoms with Gasteiger partial charge in [0, 0.05) is 0 Å². The first-order chi connectivity index (χ1) is 7.26. The molecule has 1 rings (SSSR count). The van der Waals surface area contributed by atoms with Gasteiger partial charge >= 0.3 is 0 Å². The van der Waals surface area contributed by atoms with Gasteiger partial charge in [-0.1, -0.05) is 6.92 Å². The Morgan fingerprint density at radius 3 is 2.87 bits per heavy atom. The van der Waals surface area contributed by atoms with Gasteiger partial charge < -0.3 is 5.32 Å². The molecule has 0 aliphatic carbocycles. The van der Waals surface area contributed by atoms with E-state index in [9.17, 15) is 4.79 Å². The lowest BCUT2D eigenvalue weighted by Crippen LogP contribution is -2.13. The van der Waals surface area contributed by atoms with Crippen molar-refractivity contribution in [2.75, 3.05) is 23.1 Å². The summed E-state index contributed by atoms with van der Waals surface area (Å²) < 4.78 is 0. The monoisotopic (exact) mass is 242 g/mol. The fourth-order valence-electron chi connectivity index (χ4n) is 1.02. The van der Waals surface area contributed by atoms with Crippen LogP contribution in [0.1, 0.15) is 6.92 Å². The number of anilines is 1. The quantitative estimate of drug-likeness (QED) is 0.806. The highest BCUT2D eigenvalue weighted by Gasteiger charge is 2.01. The van der Waals surface area contributed by atoms with Crippen molar-refractivity contribution in [3.05, 3.63) is 18.3 Å². The van der Waals surface area contributed by atoms with Crippen molar-refractivity contribution in [1.29, 1.82) is 0 Å². The Kier molecular flexibility index (Phi) is 5.57. The molecule has 3 nitrogen and oxygen atoms in total. The molecule has 1 aromatic heterocycles. The number of nitrogens with one attached hydrogen (secondary N) is 1. The van der Waals surface area contributed by atoms with E-state index in [1.807, 2.05) is 18.4 Å². The molecule has 5 heteroatoms. The van der Waals surface area contributed by atoms with Crippen LogP contribution in [0, 0.1) is 0 Å². The number of thioether (sulfide) groups is 2. The van der Waals surface area contributed by atoms with E-state index in [1.54, 1.807) is 18.0 Å². The summed E-state index contributed by atoms with van der Waals surface area (Å²) in [5, 5.41) is 3.77. The summed E-state index contributed by atoms with van der Waals surface area (Å²) >= 11 is 3.19. The molecule has 0 spiro atoms. The number of pyridine rings is 1. The second-order valence-corrected chi connectivity index (χ2v) is 4.95. The lowest BCUT2D eigenvalue weighted by atomic mass is 10.4. The van der Waals surface area contributed by atoms with Gasteiger partial charge in [-0.05, 0) is 24.1 Å². The first-order valence-corrected chi connectivity index (χ1v) is 7.02. The van der Waals surface area contributed by atoms with E-state index in [0.29, 0.717) is 5.75 Å². The molecule has 1 amide bonds. The van der Waals surface area contributed by atoms with E-state index in [4.69, 9.17) is 0 Å². The Balaban J connectivity index is 2.52. The van der Waals surface area contributed by atoms with Gasteiger partial charge in [-0.2, -0.15) is 11.8 Å². The Morgan fingerprint density at radius 1 is 1.53 bits per heavy atom. The Labute approximate surface area is 98.4 Å². The number of rotatable bonds is 5. The standard InChI is InChI=1S/C10H14N2OS2/c1-3-15-10-5-4-8(6-11-10)12-9(13)7-14-2/h4-6H,3,7H2,1-2H3,(H,12,13). The fraction of sp³-hybridized carbons (Fsp3) is 0.400. The number of carbonyl (C=O) groups excluding carboxylic acids is 1. The van der Waals surface area contributed by atoms with Crippen molar-refractivity contribution in [3.63, 3.8) is 0 Å². The van der Waals surface area contributed by atoms with E-state index in [-0.39, 0.29) is 5.91 Å².